The second-order valence-electron chi connectivity index (χ2n) is 2.00. The van der Waals surface area contributed by atoms with E-state index >= 15 is 0 Å². The molecule has 0 saturated carbocycles. The molecule has 0 fully saturated rings. The monoisotopic (exact) mass is 149 g/mol. The lowest BCUT2D eigenvalue weighted by Crippen LogP contribution is -2.09. The molecule has 1 rings (SSSR count). The summed E-state index contributed by atoms with van der Waals surface area (Å²) in [4.78, 5) is 0. The van der Waals surface area contributed by atoms with Crippen LogP contribution >= 0.6 is 0 Å². The molecule has 0 atom stereocenters. The average molecular weight is 149 g/mol. The van der Waals surface area contributed by atoms with Gasteiger partial charge in [0.15, 0.2) is 0 Å². The van der Waals surface area contributed by atoms with Gasteiger partial charge in [-0.1, -0.05) is 0 Å². The van der Waals surface area contributed by atoms with Gasteiger partial charge in [-0.3, -0.25) is 0 Å². The lowest BCUT2D eigenvalue weighted by Gasteiger charge is -2.05. The average Bonchev–Trinajstić information content (AvgIpc) is 2.11. The Morgan fingerprint density at radius 2 is 2.00 bits per heavy atom. The Balaban J connectivity index is 3.05. The molecule has 0 aliphatic carbocycles. The number of hydrogen-bond donors (Lipinski definition) is 0. The molecule has 1 aromatic rings. The molecule has 0 aromatic carbocycles. The molecule has 1 nitrogen and oxygen atoms in total. The van der Waals surface area contributed by atoms with Crippen LogP contribution in [0, 0.1) is 0 Å². The van der Waals surface area contributed by atoms with Gasteiger partial charge in [0, 0.05) is 13.2 Å². The van der Waals surface area contributed by atoms with E-state index in [1.807, 2.05) is 0 Å². The predicted octanol–water partition coefficient (Wildman–Crippen LogP) is 2.04. The molecule has 0 bridgehead atoms. The van der Waals surface area contributed by atoms with Crippen LogP contribution in [0.3, 0.4) is 0 Å². The molecule has 0 N–H and O–H groups in total. The van der Waals surface area contributed by atoms with E-state index in [2.05, 4.69) is 0 Å². The van der Waals surface area contributed by atoms with Gasteiger partial charge in [0.2, 0.25) is 0 Å². The normalized spacial score (nSPS) is 12.0. The minimum atomic E-state index is -4.22. The van der Waals surface area contributed by atoms with Crippen LogP contribution in [0.25, 0.3) is 0 Å². The standard InChI is InChI=1S/C6H6F3N/c1-10-4-2-3-5(10)6(7,8)9/h2-4H,1H3. The summed E-state index contributed by atoms with van der Waals surface area (Å²) in [5, 5.41) is 0. The number of nitrogens with zero attached hydrogens (tertiary/aromatic N) is 1. The molecule has 0 aliphatic heterocycles. The highest BCUT2D eigenvalue weighted by molar-refractivity contribution is 5.09. The van der Waals surface area contributed by atoms with Gasteiger partial charge in [-0.25, -0.2) is 0 Å². The first-order valence-corrected chi connectivity index (χ1v) is 2.70. The molecule has 1 heterocycles. The van der Waals surface area contributed by atoms with Crippen molar-refractivity contribution in [2.24, 2.45) is 7.05 Å². The van der Waals surface area contributed by atoms with Crippen molar-refractivity contribution in [2.75, 3.05) is 0 Å². The maximum absolute atomic E-state index is 11.9. The van der Waals surface area contributed by atoms with Crippen molar-refractivity contribution in [3.8, 4) is 0 Å². The number of rotatable bonds is 0. The van der Waals surface area contributed by atoms with Crippen LogP contribution in [-0.2, 0) is 13.2 Å². The highest BCUT2D eigenvalue weighted by atomic mass is 19.4. The summed E-state index contributed by atoms with van der Waals surface area (Å²) in [6, 6.07) is 2.41. The molecule has 0 unspecified atom stereocenters. The van der Waals surface area contributed by atoms with E-state index in [0.717, 1.165) is 10.6 Å². The van der Waals surface area contributed by atoms with Gasteiger partial charge in [0.05, 0.1) is 0 Å². The zero-order valence-electron chi connectivity index (χ0n) is 5.31. The predicted molar refractivity (Wildman–Crippen MR) is 30.4 cm³/mol. The highest BCUT2D eigenvalue weighted by Crippen LogP contribution is 2.28. The van der Waals surface area contributed by atoms with Gasteiger partial charge in [-0.05, 0) is 12.1 Å². The van der Waals surface area contributed by atoms with Crippen molar-refractivity contribution >= 4 is 0 Å². The molecule has 4 heteroatoms. The third kappa shape index (κ3) is 1.15. The largest absolute Gasteiger partial charge is 0.431 e. The van der Waals surface area contributed by atoms with Gasteiger partial charge in [0.25, 0.3) is 0 Å². The van der Waals surface area contributed by atoms with E-state index in [-0.39, 0.29) is 0 Å². The van der Waals surface area contributed by atoms with Crippen molar-refractivity contribution in [2.45, 2.75) is 6.18 Å². The van der Waals surface area contributed by atoms with Crippen LogP contribution in [0.4, 0.5) is 13.2 Å². The zero-order valence-corrected chi connectivity index (χ0v) is 5.31. The Hall–Kier alpha value is -0.930. The van der Waals surface area contributed by atoms with Crippen molar-refractivity contribution in [3.05, 3.63) is 24.0 Å². The van der Waals surface area contributed by atoms with E-state index in [9.17, 15) is 13.2 Å². The van der Waals surface area contributed by atoms with Crippen LogP contribution in [0.1, 0.15) is 5.69 Å². The summed E-state index contributed by atoms with van der Waals surface area (Å²) in [6.45, 7) is 0. The fraction of sp³-hybridized carbons (Fsp3) is 0.333. The van der Waals surface area contributed by atoms with Gasteiger partial charge in [-0.2, -0.15) is 13.2 Å². The first-order chi connectivity index (χ1) is 4.52. The minimum Gasteiger partial charge on any atom is -0.347 e. The van der Waals surface area contributed by atoms with E-state index in [0.29, 0.717) is 0 Å². The Morgan fingerprint density at radius 3 is 2.20 bits per heavy atom. The molecule has 10 heavy (non-hydrogen) atoms. The first-order valence-electron chi connectivity index (χ1n) is 2.70. The third-order valence-electron chi connectivity index (χ3n) is 1.23. The van der Waals surface area contributed by atoms with Gasteiger partial charge < -0.3 is 4.57 Å². The molecule has 0 amide bonds. The lowest BCUT2D eigenvalue weighted by molar-refractivity contribution is -0.143. The second kappa shape index (κ2) is 2.04. The van der Waals surface area contributed by atoms with Crippen molar-refractivity contribution in [1.29, 1.82) is 0 Å². The van der Waals surface area contributed by atoms with Crippen molar-refractivity contribution < 1.29 is 13.2 Å². The van der Waals surface area contributed by atoms with Crippen molar-refractivity contribution in [3.63, 3.8) is 0 Å². The molecular formula is C6H6F3N. The smallest absolute Gasteiger partial charge is 0.347 e. The Bertz CT molecular complexity index is 223. The van der Waals surface area contributed by atoms with Crippen LogP contribution in [-0.4, -0.2) is 4.57 Å². The van der Waals surface area contributed by atoms with E-state index in [1.54, 1.807) is 0 Å². The topological polar surface area (TPSA) is 4.93 Å². The van der Waals surface area contributed by atoms with Crippen LogP contribution < -0.4 is 0 Å². The third-order valence-corrected chi connectivity index (χ3v) is 1.23. The molecule has 1 aromatic heterocycles. The maximum Gasteiger partial charge on any atom is 0.431 e. The lowest BCUT2D eigenvalue weighted by atomic mass is 10.4. The summed E-state index contributed by atoms with van der Waals surface area (Å²) in [7, 11) is 1.36. The van der Waals surface area contributed by atoms with Crippen molar-refractivity contribution in [1.82, 2.24) is 4.57 Å². The fourth-order valence-corrected chi connectivity index (χ4v) is 0.756. The Morgan fingerprint density at radius 1 is 1.40 bits per heavy atom. The number of hydrogen-bond acceptors (Lipinski definition) is 0. The van der Waals surface area contributed by atoms with Gasteiger partial charge in [0.1, 0.15) is 5.69 Å². The van der Waals surface area contributed by atoms with Crippen LogP contribution in [0.15, 0.2) is 18.3 Å². The summed E-state index contributed by atoms with van der Waals surface area (Å²) in [5.41, 5.74) is -0.618. The van der Waals surface area contributed by atoms with E-state index < -0.39 is 11.9 Å². The fourth-order valence-electron chi connectivity index (χ4n) is 0.756. The number of aromatic nitrogens is 1. The first kappa shape index (κ1) is 7.18. The molecule has 56 valence electrons. The maximum atomic E-state index is 11.9. The summed E-state index contributed by atoms with van der Waals surface area (Å²) < 4.78 is 36.6. The number of halogens is 3. The minimum absolute atomic E-state index is 0.618. The van der Waals surface area contributed by atoms with Crippen LogP contribution in [0.2, 0.25) is 0 Å². The summed E-state index contributed by atoms with van der Waals surface area (Å²) >= 11 is 0. The van der Waals surface area contributed by atoms with Gasteiger partial charge >= 0.3 is 6.18 Å². The van der Waals surface area contributed by atoms with E-state index in [1.165, 1.54) is 19.3 Å². The Kier molecular flexibility index (Phi) is 1.46. The number of alkyl halides is 3. The molecular weight excluding hydrogens is 143 g/mol. The quantitative estimate of drug-likeness (QED) is 0.532. The molecule has 0 saturated heterocycles. The SMILES string of the molecule is Cn1cccc1C(F)(F)F. The van der Waals surface area contributed by atoms with E-state index in [4.69, 9.17) is 0 Å². The Labute approximate surface area is 56.1 Å². The second-order valence-corrected chi connectivity index (χ2v) is 2.00. The highest BCUT2D eigenvalue weighted by Gasteiger charge is 2.32. The van der Waals surface area contributed by atoms with Gasteiger partial charge in [-0.15, -0.1) is 0 Å². The molecule has 0 radical (unpaired) electrons. The summed E-state index contributed by atoms with van der Waals surface area (Å²) in [6.07, 6.45) is -2.86. The molecule has 0 spiro atoms. The zero-order chi connectivity index (χ0) is 7.78. The molecule has 0 aliphatic rings. The number of aryl methyl sites for hydroxylation is 1. The van der Waals surface area contributed by atoms with Crippen LogP contribution in [0.5, 0.6) is 0 Å². The summed E-state index contributed by atoms with van der Waals surface area (Å²) in [5.74, 6) is 0.